The van der Waals surface area contributed by atoms with Crippen LogP contribution in [0.25, 0.3) is 107 Å². The Morgan fingerprint density at radius 2 is 1.16 bits per heavy atom. The van der Waals surface area contributed by atoms with Gasteiger partial charge in [-0.2, -0.15) is 0 Å². The number of thiophene rings is 2. The fourth-order valence-electron chi connectivity index (χ4n) is 9.91. The zero-order chi connectivity index (χ0) is 38.9. The lowest BCUT2D eigenvalue weighted by molar-refractivity contribution is 0.660. The number of allylic oxidation sites excluding steroid dienone is 2. The second kappa shape index (κ2) is 12.3. The van der Waals surface area contributed by atoms with Gasteiger partial charge in [0, 0.05) is 35.2 Å². The van der Waals surface area contributed by atoms with Gasteiger partial charge in [-0.15, -0.1) is 22.7 Å². The van der Waals surface area contributed by atoms with E-state index in [1.807, 2.05) is 22.7 Å². The highest BCUT2D eigenvalue weighted by molar-refractivity contribution is 7.26. The molecule has 0 bridgehead atoms. The first-order valence-electron chi connectivity index (χ1n) is 20.1. The highest BCUT2D eigenvalue weighted by Crippen LogP contribution is 2.52. The summed E-state index contributed by atoms with van der Waals surface area (Å²) in [7, 11) is 0. The summed E-state index contributed by atoms with van der Waals surface area (Å²) >= 11 is 3.75. The standard InChI is InChI=1S/C56H38S2/c1-32(35-18-23-43-50(29-35)56(3,4)49-24-20-34-11-5-6-12-38(34)55(43)49)17-25-51-33(2)44-27-37(21-26-53(44)57-51)36-19-22-41-45(28-36)39-13-7-8-14-40(39)47-31-54-48(30-46(41)47)42-15-9-10-16-52(42)58-54/h5-31H,1H2,2-4H3/b25-17-. The van der Waals surface area contributed by atoms with Gasteiger partial charge in [0.05, 0.1) is 0 Å². The predicted octanol–water partition coefficient (Wildman–Crippen LogP) is 16.9. The molecule has 0 nitrogen and oxygen atoms in total. The third-order valence-corrected chi connectivity index (χ3v) is 15.4. The number of benzene rings is 9. The number of hydrogen-bond donors (Lipinski definition) is 0. The van der Waals surface area contributed by atoms with E-state index >= 15 is 0 Å². The molecule has 0 fully saturated rings. The van der Waals surface area contributed by atoms with Crippen molar-refractivity contribution < 1.29 is 0 Å². The summed E-state index contributed by atoms with van der Waals surface area (Å²) in [6.07, 6.45) is 4.47. The number of fused-ring (bicyclic) bond motifs is 15. The first-order chi connectivity index (χ1) is 28.3. The molecule has 12 rings (SSSR count). The topological polar surface area (TPSA) is 0 Å². The molecule has 58 heavy (non-hydrogen) atoms. The van der Waals surface area contributed by atoms with Crippen LogP contribution < -0.4 is 0 Å². The molecule has 0 unspecified atom stereocenters. The van der Waals surface area contributed by atoms with E-state index < -0.39 is 0 Å². The lowest BCUT2D eigenvalue weighted by atomic mass is 9.81. The first-order valence-corrected chi connectivity index (χ1v) is 21.7. The lowest BCUT2D eigenvalue weighted by Crippen LogP contribution is -2.15. The Kier molecular flexibility index (Phi) is 7.19. The third-order valence-electron chi connectivity index (χ3n) is 13.0. The van der Waals surface area contributed by atoms with E-state index in [2.05, 4.69) is 191 Å². The Labute approximate surface area is 345 Å². The van der Waals surface area contributed by atoms with Gasteiger partial charge < -0.3 is 0 Å². The SMILES string of the molecule is C=C(/C=C\c1sc2ccc(-c3ccc4c(c3)c3ccccc3c3cc5sc6ccccc6c5cc43)cc2c1C)c1ccc2c(c1)C(C)(C)c1ccc3ccccc3c1-2. The van der Waals surface area contributed by atoms with Crippen LogP contribution in [0.3, 0.4) is 0 Å². The van der Waals surface area contributed by atoms with Crippen LogP contribution in [-0.4, -0.2) is 0 Å². The van der Waals surface area contributed by atoms with Crippen molar-refractivity contribution in [3.05, 3.63) is 191 Å². The molecule has 2 aromatic heterocycles. The first kappa shape index (κ1) is 33.8. The molecule has 9 aromatic carbocycles. The minimum Gasteiger partial charge on any atom is -0.136 e. The van der Waals surface area contributed by atoms with E-state index in [1.54, 1.807) is 0 Å². The second-order valence-corrected chi connectivity index (χ2v) is 18.7. The molecule has 0 saturated carbocycles. The number of aryl methyl sites for hydroxylation is 1. The summed E-state index contributed by atoms with van der Waals surface area (Å²) < 4.78 is 4.00. The molecule has 2 heterocycles. The highest BCUT2D eigenvalue weighted by atomic mass is 32.1. The molecule has 0 N–H and O–H groups in total. The highest BCUT2D eigenvalue weighted by Gasteiger charge is 2.36. The van der Waals surface area contributed by atoms with E-state index in [0.717, 1.165) is 5.57 Å². The van der Waals surface area contributed by atoms with Crippen LogP contribution in [0, 0.1) is 6.92 Å². The van der Waals surface area contributed by atoms with Crippen LogP contribution in [0.2, 0.25) is 0 Å². The van der Waals surface area contributed by atoms with Crippen molar-refractivity contribution in [2.24, 2.45) is 0 Å². The molecule has 2 heteroatoms. The van der Waals surface area contributed by atoms with Gasteiger partial charge in [-0.1, -0.05) is 136 Å². The summed E-state index contributed by atoms with van der Waals surface area (Å²) in [6, 6.07) is 57.0. The minimum atomic E-state index is -0.0768. The van der Waals surface area contributed by atoms with Crippen molar-refractivity contribution in [2.75, 3.05) is 0 Å². The van der Waals surface area contributed by atoms with Crippen molar-refractivity contribution in [3.63, 3.8) is 0 Å². The summed E-state index contributed by atoms with van der Waals surface area (Å²) in [5.41, 5.74) is 11.4. The zero-order valence-corrected chi connectivity index (χ0v) is 34.2. The minimum absolute atomic E-state index is 0.0768. The van der Waals surface area contributed by atoms with Crippen LogP contribution in [0.1, 0.15) is 41.0 Å². The Morgan fingerprint density at radius 1 is 0.500 bits per heavy atom. The average molecular weight is 775 g/mol. The van der Waals surface area contributed by atoms with Gasteiger partial charge in [-0.3, -0.25) is 0 Å². The molecular formula is C56H38S2. The van der Waals surface area contributed by atoms with E-state index in [4.69, 9.17) is 0 Å². The Balaban J connectivity index is 0.899. The predicted molar refractivity (Wildman–Crippen MR) is 257 cm³/mol. The summed E-state index contributed by atoms with van der Waals surface area (Å²) in [5.74, 6) is 0. The normalized spacial score (nSPS) is 13.6. The Bertz CT molecular complexity index is 3620. The molecule has 0 aliphatic heterocycles. The van der Waals surface area contributed by atoms with Crippen LogP contribution in [-0.2, 0) is 5.41 Å². The van der Waals surface area contributed by atoms with E-state index in [1.165, 1.54) is 123 Å². The van der Waals surface area contributed by atoms with Crippen LogP contribution >= 0.6 is 22.7 Å². The Hall–Kier alpha value is -6.32. The summed E-state index contributed by atoms with van der Waals surface area (Å²) in [5, 5.41) is 14.5. The molecular weight excluding hydrogens is 737 g/mol. The maximum atomic E-state index is 4.56. The second-order valence-electron chi connectivity index (χ2n) is 16.6. The van der Waals surface area contributed by atoms with Gasteiger partial charge in [-0.05, 0) is 154 Å². The van der Waals surface area contributed by atoms with Crippen molar-refractivity contribution in [2.45, 2.75) is 26.2 Å². The largest absolute Gasteiger partial charge is 0.136 e. The smallest absolute Gasteiger partial charge is 0.0362 e. The van der Waals surface area contributed by atoms with Gasteiger partial charge in [0.25, 0.3) is 0 Å². The molecule has 1 aliphatic rings. The quantitative estimate of drug-likeness (QED) is 0.123. The zero-order valence-electron chi connectivity index (χ0n) is 32.6. The van der Waals surface area contributed by atoms with E-state index in [-0.39, 0.29) is 5.41 Å². The van der Waals surface area contributed by atoms with Gasteiger partial charge >= 0.3 is 0 Å². The van der Waals surface area contributed by atoms with Gasteiger partial charge in [0.1, 0.15) is 0 Å². The maximum absolute atomic E-state index is 4.56. The summed E-state index contributed by atoms with van der Waals surface area (Å²) in [4.78, 5) is 1.27. The monoisotopic (exact) mass is 774 g/mol. The lowest BCUT2D eigenvalue weighted by Gasteiger charge is -2.22. The third kappa shape index (κ3) is 4.86. The Morgan fingerprint density at radius 3 is 1.98 bits per heavy atom. The molecule has 0 radical (unpaired) electrons. The van der Waals surface area contributed by atoms with Gasteiger partial charge in [0.15, 0.2) is 0 Å². The van der Waals surface area contributed by atoms with Gasteiger partial charge in [-0.25, -0.2) is 0 Å². The number of hydrogen-bond acceptors (Lipinski definition) is 2. The van der Waals surface area contributed by atoms with Crippen LogP contribution in [0.5, 0.6) is 0 Å². The molecule has 1 aliphatic carbocycles. The van der Waals surface area contributed by atoms with Crippen molar-refractivity contribution in [1.29, 1.82) is 0 Å². The van der Waals surface area contributed by atoms with Crippen molar-refractivity contribution in [1.82, 2.24) is 0 Å². The average Bonchev–Trinajstić information content (AvgIpc) is 3.87. The molecule has 0 spiro atoms. The molecule has 0 amide bonds. The van der Waals surface area contributed by atoms with E-state index in [9.17, 15) is 0 Å². The molecule has 0 saturated heterocycles. The fraction of sp³-hybridized carbons (Fsp3) is 0.0714. The molecule has 11 aromatic rings. The number of rotatable bonds is 4. The van der Waals surface area contributed by atoms with Crippen LogP contribution in [0.4, 0.5) is 0 Å². The van der Waals surface area contributed by atoms with Crippen molar-refractivity contribution >= 4 is 108 Å². The van der Waals surface area contributed by atoms with Crippen molar-refractivity contribution in [3.8, 4) is 22.3 Å². The maximum Gasteiger partial charge on any atom is 0.0362 e. The van der Waals surface area contributed by atoms with E-state index in [0.29, 0.717) is 0 Å². The molecule has 0 atom stereocenters. The van der Waals surface area contributed by atoms with Gasteiger partial charge in [0.2, 0.25) is 0 Å². The summed E-state index contributed by atoms with van der Waals surface area (Å²) in [6.45, 7) is 11.5. The van der Waals surface area contributed by atoms with Crippen LogP contribution in [0.15, 0.2) is 164 Å². The molecule has 274 valence electrons. The fourth-order valence-corrected chi connectivity index (χ4v) is 12.1.